The Labute approximate surface area is 124 Å². The summed E-state index contributed by atoms with van der Waals surface area (Å²) in [6, 6.07) is 13.0. The Morgan fingerprint density at radius 1 is 1.10 bits per heavy atom. The van der Waals surface area contributed by atoms with Crippen LogP contribution in [0.15, 0.2) is 48.5 Å². The van der Waals surface area contributed by atoms with E-state index in [0.717, 1.165) is 0 Å². The highest BCUT2D eigenvalue weighted by Gasteiger charge is 2.18. The maximum absolute atomic E-state index is 14.0. The van der Waals surface area contributed by atoms with Gasteiger partial charge in [-0.3, -0.25) is 4.79 Å². The highest BCUT2D eigenvalue weighted by Crippen LogP contribution is 2.27. The van der Waals surface area contributed by atoms with Crippen LogP contribution in [-0.4, -0.2) is 21.3 Å². The van der Waals surface area contributed by atoms with Crippen molar-refractivity contribution >= 4 is 17.9 Å². The van der Waals surface area contributed by atoms with E-state index < -0.39 is 5.82 Å². The molecule has 2 aromatic carbocycles. The van der Waals surface area contributed by atoms with Gasteiger partial charge in [0.15, 0.2) is 12.0 Å². The zero-order valence-corrected chi connectivity index (χ0v) is 11.5. The SMILES string of the molecule is O=Cc1nnn(-c2ccc(Cl)cc2)c1-c1ccccc1F. The van der Waals surface area contributed by atoms with E-state index in [2.05, 4.69) is 10.3 Å². The summed E-state index contributed by atoms with van der Waals surface area (Å²) < 4.78 is 15.4. The molecule has 6 heteroatoms. The molecule has 0 radical (unpaired) electrons. The van der Waals surface area contributed by atoms with Crippen molar-refractivity contribution in [2.75, 3.05) is 0 Å². The number of hydrogen-bond acceptors (Lipinski definition) is 3. The molecule has 4 nitrogen and oxygen atoms in total. The van der Waals surface area contributed by atoms with Crippen molar-refractivity contribution in [3.63, 3.8) is 0 Å². The number of carbonyl (C=O) groups excluding carboxylic acids is 1. The zero-order chi connectivity index (χ0) is 14.8. The van der Waals surface area contributed by atoms with Gasteiger partial charge in [-0.15, -0.1) is 5.10 Å². The molecule has 21 heavy (non-hydrogen) atoms. The predicted octanol–water partition coefficient (Wildman–Crippen LogP) is 3.54. The third-order valence-electron chi connectivity index (χ3n) is 3.01. The lowest BCUT2D eigenvalue weighted by atomic mass is 10.1. The van der Waals surface area contributed by atoms with Crippen molar-refractivity contribution < 1.29 is 9.18 Å². The number of nitrogens with zero attached hydrogens (tertiary/aromatic N) is 3. The summed E-state index contributed by atoms with van der Waals surface area (Å²) in [4.78, 5) is 11.2. The van der Waals surface area contributed by atoms with Crippen LogP contribution in [0.5, 0.6) is 0 Å². The van der Waals surface area contributed by atoms with Gasteiger partial charge < -0.3 is 0 Å². The number of aldehydes is 1. The lowest BCUT2D eigenvalue weighted by molar-refractivity contribution is 0.111. The molecule has 0 atom stereocenters. The predicted molar refractivity (Wildman–Crippen MR) is 77.2 cm³/mol. The second kappa shape index (κ2) is 5.46. The Morgan fingerprint density at radius 3 is 2.48 bits per heavy atom. The van der Waals surface area contributed by atoms with Crippen molar-refractivity contribution in [3.05, 3.63) is 65.1 Å². The largest absolute Gasteiger partial charge is 0.296 e. The van der Waals surface area contributed by atoms with Crippen LogP contribution in [0.3, 0.4) is 0 Å². The molecule has 0 aliphatic carbocycles. The average molecular weight is 302 g/mol. The Hall–Kier alpha value is -2.53. The molecule has 3 rings (SSSR count). The van der Waals surface area contributed by atoms with Gasteiger partial charge in [0.1, 0.15) is 11.5 Å². The first-order chi connectivity index (χ1) is 10.2. The molecule has 0 unspecified atom stereocenters. The Morgan fingerprint density at radius 2 is 1.81 bits per heavy atom. The van der Waals surface area contributed by atoms with Crippen LogP contribution < -0.4 is 0 Å². The maximum Gasteiger partial charge on any atom is 0.172 e. The smallest absolute Gasteiger partial charge is 0.172 e. The number of benzene rings is 2. The Balaban J connectivity index is 2.24. The van der Waals surface area contributed by atoms with Crippen LogP contribution in [0.2, 0.25) is 5.02 Å². The van der Waals surface area contributed by atoms with Gasteiger partial charge in [-0.05, 0) is 36.4 Å². The molecule has 0 fully saturated rings. The molecule has 104 valence electrons. The molecule has 0 aliphatic heterocycles. The number of hydrogen-bond donors (Lipinski definition) is 0. The van der Waals surface area contributed by atoms with E-state index in [1.54, 1.807) is 42.5 Å². The molecular formula is C15H9ClFN3O. The molecular weight excluding hydrogens is 293 g/mol. The van der Waals surface area contributed by atoms with E-state index in [1.807, 2.05) is 0 Å². The number of rotatable bonds is 3. The first-order valence-corrected chi connectivity index (χ1v) is 6.50. The second-order valence-electron chi connectivity index (χ2n) is 4.31. The third-order valence-corrected chi connectivity index (χ3v) is 3.26. The van der Waals surface area contributed by atoms with E-state index in [0.29, 0.717) is 22.7 Å². The summed E-state index contributed by atoms with van der Waals surface area (Å²) >= 11 is 5.85. The summed E-state index contributed by atoms with van der Waals surface area (Å²) in [6.45, 7) is 0. The van der Waals surface area contributed by atoms with Crippen molar-refractivity contribution in [1.29, 1.82) is 0 Å². The first-order valence-electron chi connectivity index (χ1n) is 6.12. The highest BCUT2D eigenvalue weighted by molar-refractivity contribution is 6.30. The molecule has 1 heterocycles. The second-order valence-corrected chi connectivity index (χ2v) is 4.75. The van der Waals surface area contributed by atoms with Crippen LogP contribution in [0.4, 0.5) is 4.39 Å². The summed E-state index contributed by atoms with van der Waals surface area (Å²) in [6.07, 6.45) is 0.557. The summed E-state index contributed by atoms with van der Waals surface area (Å²) in [7, 11) is 0. The van der Waals surface area contributed by atoms with Gasteiger partial charge in [-0.1, -0.05) is 28.9 Å². The van der Waals surface area contributed by atoms with Crippen molar-refractivity contribution in [2.45, 2.75) is 0 Å². The standard InChI is InChI=1S/C15H9ClFN3O/c16-10-5-7-11(8-6-10)20-15(14(9-21)18-19-20)12-3-1-2-4-13(12)17/h1-9H. The fourth-order valence-corrected chi connectivity index (χ4v) is 2.17. The Kier molecular flexibility index (Phi) is 3.50. The van der Waals surface area contributed by atoms with E-state index in [1.165, 1.54) is 10.7 Å². The lowest BCUT2D eigenvalue weighted by Crippen LogP contribution is -2.01. The fraction of sp³-hybridized carbons (Fsp3) is 0. The minimum atomic E-state index is -0.446. The molecule has 1 aromatic heterocycles. The van der Waals surface area contributed by atoms with Crippen LogP contribution in [0.25, 0.3) is 16.9 Å². The first kappa shape index (κ1) is 13.5. The van der Waals surface area contributed by atoms with Gasteiger partial charge in [-0.2, -0.15) is 0 Å². The average Bonchev–Trinajstić information content (AvgIpc) is 2.92. The van der Waals surface area contributed by atoms with Gasteiger partial charge in [-0.25, -0.2) is 9.07 Å². The highest BCUT2D eigenvalue weighted by atomic mass is 35.5. The van der Waals surface area contributed by atoms with E-state index in [-0.39, 0.29) is 11.3 Å². The number of aromatic nitrogens is 3. The molecule has 3 aromatic rings. The summed E-state index contributed by atoms with van der Waals surface area (Å²) in [5.74, 6) is -0.446. The van der Waals surface area contributed by atoms with E-state index in [9.17, 15) is 9.18 Å². The van der Waals surface area contributed by atoms with Crippen molar-refractivity contribution in [1.82, 2.24) is 15.0 Å². The molecule has 0 N–H and O–H groups in total. The summed E-state index contributed by atoms with van der Waals surface area (Å²) in [5.41, 5.74) is 1.29. The Bertz CT molecular complexity index is 799. The molecule has 0 spiro atoms. The third kappa shape index (κ3) is 2.43. The lowest BCUT2D eigenvalue weighted by Gasteiger charge is -2.08. The van der Waals surface area contributed by atoms with Gasteiger partial charge in [0.05, 0.1) is 5.69 Å². The van der Waals surface area contributed by atoms with Gasteiger partial charge >= 0.3 is 0 Å². The minimum absolute atomic E-state index is 0.0788. The molecule has 0 amide bonds. The molecule has 0 bridgehead atoms. The van der Waals surface area contributed by atoms with E-state index in [4.69, 9.17) is 11.6 Å². The quantitative estimate of drug-likeness (QED) is 0.695. The molecule has 0 saturated carbocycles. The van der Waals surface area contributed by atoms with Gasteiger partial charge in [0, 0.05) is 10.6 Å². The van der Waals surface area contributed by atoms with Crippen molar-refractivity contribution in [2.24, 2.45) is 0 Å². The maximum atomic E-state index is 14.0. The van der Waals surface area contributed by atoms with E-state index >= 15 is 0 Å². The number of carbonyl (C=O) groups is 1. The van der Waals surface area contributed by atoms with Crippen LogP contribution >= 0.6 is 11.6 Å². The van der Waals surface area contributed by atoms with Gasteiger partial charge in [0.25, 0.3) is 0 Å². The molecule has 0 aliphatic rings. The van der Waals surface area contributed by atoms with Crippen LogP contribution in [0, 0.1) is 5.82 Å². The molecule has 0 saturated heterocycles. The summed E-state index contributed by atoms with van der Waals surface area (Å²) in [5, 5.41) is 8.30. The van der Waals surface area contributed by atoms with Crippen LogP contribution in [-0.2, 0) is 0 Å². The fourth-order valence-electron chi connectivity index (χ4n) is 2.04. The van der Waals surface area contributed by atoms with Gasteiger partial charge in [0.2, 0.25) is 0 Å². The topological polar surface area (TPSA) is 47.8 Å². The zero-order valence-electron chi connectivity index (χ0n) is 10.7. The normalized spacial score (nSPS) is 10.6. The number of halogens is 2. The van der Waals surface area contributed by atoms with Crippen molar-refractivity contribution in [3.8, 4) is 16.9 Å². The monoisotopic (exact) mass is 301 g/mol. The van der Waals surface area contributed by atoms with Crippen LogP contribution in [0.1, 0.15) is 10.5 Å². The minimum Gasteiger partial charge on any atom is -0.296 e.